The van der Waals surface area contributed by atoms with E-state index in [-0.39, 0.29) is 0 Å². The fraction of sp³-hybridized carbons (Fsp3) is 0.130. The number of nitrogen functional groups attached to an aromatic ring is 1. The minimum atomic E-state index is -0.798. The van der Waals surface area contributed by atoms with Crippen LogP contribution in [0.4, 0.5) is 22.9 Å². The molecule has 0 aliphatic heterocycles. The quantitative estimate of drug-likeness (QED) is 0.488. The van der Waals surface area contributed by atoms with E-state index >= 15 is 0 Å². The van der Waals surface area contributed by atoms with Crippen molar-refractivity contribution >= 4 is 28.8 Å². The molecule has 0 bridgehead atoms. The second-order valence-corrected chi connectivity index (χ2v) is 7.35. The van der Waals surface area contributed by atoms with Crippen LogP contribution in [0.1, 0.15) is 17.7 Å². The van der Waals surface area contributed by atoms with E-state index in [1.165, 1.54) is 0 Å². The number of aromatic nitrogens is 3. The number of pyridine rings is 3. The largest absolute Gasteiger partial charge is 0.383 e. The number of carbonyl (C=O) groups is 1. The van der Waals surface area contributed by atoms with Crippen molar-refractivity contribution in [3.8, 4) is 0 Å². The highest BCUT2D eigenvalue weighted by Gasteiger charge is 2.35. The minimum absolute atomic E-state index is 0.339. The van der Waals surface area contributed by atoms with Gasteiger partial charge in [0.2, 0.25) is 5.91 Å². The van der Waals surface area contributed by atoms with Crippen LogP contribution < -0.4 is 22.1 Å². The lowest BCUT2D eigenvalue weighted by Gasteiger charge is -2.35. The zero-order chi connectivity index (χ0) is 21.8. The van der Waals surface area contributed by atoms with Crippen molar-refractivity contribution in [3.63, 3.8) is 0 Å². The van der Waals surface area contributed by atoms with E-state index in [4.69, 9.17) is 11.5 Å². The number of allylic oxidation sites excluding steroid dienone is 2. The molecule has 31 heavy (non-hydrogen) atoms. The number of primary amides is 1. The summed E-state index contributed by atoms with van der Waals surface area (Å²) in [7, 11) is 0. The number of nitrogens with one attached hydrogen (secondary N) is 2. The Morgan fingerprint density at radius 3 is 2.58 bits per heavy atom. The second-order valence-electron chi connectivity index (χ2n) is 7.35. The van der Waals surface area contributed by atoms with Crippen LogP contribution >= 0.6 is 0 Å². The summed E-state index contributed by atoms with van der Waals surface area (Å²) in [5.74, 6) is -0.0285. The van der Waals surface area contributed by atoms with Gasteiger partial charge in [-0.05, 0) is 37.3 Å². The topological polar surface area (TPSA) is 132 Å². The molecule has 8 nitrogen and oxygen atoms in total. The maximum Gasteiger partial charge on any atom is 0.244 e. The molecule has 156 valence electrons. The molecule has 6 N–H and O–H groups in total. The monoisotopic (exact) mass is 413 g/mol. The molecule has 1 aliphatic rings. The molecule has 1 aliphatic carbocycles. The summed E-state index contributed by atoms with van der Waals surface area (Å²) in [5.41, 5.74) is 15.4. The Morgan fingerprint density at radius 2 is 1.81 bits per heavy atom. The third-order valence-electron chi connectivity index (χ3n) is 5.25. The number of anilines is 4. The summed E-state index contributed by atoms with van der Waals surface area (Å²) in [6.45, 7) is 1.89. The van der Waals surface area contributed by atoms with E-state index in [2.05, 4.69) is 25.6 Å². The van der Waals surface area contributed by atoms with Crippen LogP contribution in [0, 0.1) is 6.92 Å². The molecule has 0 saturated heterocycles. The lowest BCUT2D eigenvalue weighted by atomic mass is 9.82. The van der Waals surface area contributed by atoms with Gasteiger partial charge >= 0.3 is 0 Å². The molecule has 0 radical (unpaired) electrons. The van der Waals surface area contributed by atoms with Crippen LogP contribution in [-0.4, -0.2) is 20.9 Å². The molecule has 3 heterocycles. The van der Waals surface area contributed by atoms with Crippen molar-refractivity contribution in [1.82, 2.24) is 15.0 Å². The smallest absolute Gasteiger partial charge is 0.244 e. The van der Waals surface area contributed by atoms with Crippen molar-refractivity contribution in [2.24, 2.45) is 5.73 Å². The van der Waals surface area contributed by atoms with Gasteiger partial charge in [-0.1, -0.05) is 18.2 Å². The molecule has 3 aromatic heterocycles. The number of nitrogens with two attached hydrogens (primary N) is 2. The van der Waals surface area contributed by atoms with Crippen LogP contribution in [0.2, 0.25) is 0 Å². The van der Waals surface area contributed by atoms with Gasteiger partial charge in [-0.3, -0.25) is 14.8 Å². The first-order valence-electron chi connectivity index (χ1n) is 9.78. The maximum absolute atomic E-state index is 12.0. The predicted octanol–water partition coefficient (Wildman–Crippen LogP) is 3.18. The van der Waals surface area contributed by atoms with Gasteiger partial charge < -0.3 is 22.1 Å². The molecule has 0 spiro atoms. The zero-order valence-electron chi connectivity index (χ0n) is 17.0. The molecule has 8 heteroatoms. The van der Waals surface area contributed by atoms with Gasteiger partial charge in [-0.15, -0.1) is 0 Å². The van der Waals surface area contributed by atoms with Crippen LogP contribution in [0.15, 0.2) is 78.9 Å². The number of hydrogen-bond donors (Lipinski definition) is 4. The average molecular weight is 413 g/mol. The van der Waals surface area contributed by atoms with Crippen molar-refractivity contribution in [2.45, 2.75) is 18.9 Å². The molecule has 1 unspecified atom stereocenters. The molecule has 1 amide bonds. The normalized spacial score (nSPS) is 17.6. The highest BCUT2D eigenvalue weighted by molar-refractivity contribution is 5.93. The predicted molar refractivity (Wildman–Crippen MR) is 121 cm³/mol. The van der Waals surface area contributed by atoms with E-state index < -0.39 is 11.4 Å². The van der Waals surface area contributed by atoms with Crippen molar-refractivity contribution in [3.05, 3.63) is 90.2 Å². The second kappa shape index (κ2) is 8.27. The van der Waals surface area contributed by atoms with E-state index in [0.717, 1.165) is 28.3 Å². The fourth-order valence-corrected chi connectivity index (χ4v) is 3.52. The molecule has 0 saturated carbocycles. The van der Waals surface area contributed by atoms with Gasteiger partial charge in [-0.25, -0.2) is 4.98 Å². The highest BCUT2D eigenvalue weighted by atomic mass is 16.1. The summed E-state index contributed by atoms with van der Waals surface area (Å²) in [6, 6.07) is 9.44. The van der Waals surface area contributed by atoms with Crippen LogP contribution in [0.3, 0.4) is 0 Å². The lowest BCUT2D eigenvalue weighted by molar-refractivity contribution is -0.114. The van der Waals surface area contributed by atoms with Crippen LogP contribution in [0.25, 0.3) is 0 Å². The zero-order valence-corrected chi connectivity index (χ0v) is 17.0. The maximum atomic E-state index is 12.0. The third kappa shape index (κ3) is 4.23. The van der Waals surface area contributed by atoms with Gasteiger partial charge in [0.1, 0.15) is 11.4 Å². The summed E-state index contributed by atoms with van der Waals surface area (Å²) < 4.78 is 0. The molecule has 1 atom stereocenters. The summed E-state index contributed by atoms with van der Waals surface area (Å²) in [5, 5.41) is 6.89. The van der Waals surface area contributed by atoms with E-state index in [1.807, 2.05) is 49.4 Å². The van der Waals surface area contributed by atoms with Crippen LogP contribution in [0.5, 0.6) is 0 Å². The molecular formula is C23H23N7O. The third-order valence-corrected chi connectivity index (χ3v) is 5.25. The fourth-order valence-electron chi connectivity index (χ4n) is 3.52. The Labute approximate surface area is 180 Å². The van der Waals surface area contributed by atoms with Crippen molar-refractivity contribution in [1.29, 1.82) is 0 Å². The molecule has 4 rings (SSSR count). The first kappa shape index (κ1) is 20.1. The Bertz CT molecular complexity index is 1170. The summed E-state index contributed by atoms with van der Waals surface area (Å²) in [4.78, 5) is 24.8. The summed E-state index contributed by atoms with van der Waals surface area (Å²) in [6.07, 6.45) is 12.7. The van der Waals surface area contributed by atoms with E-state index in [1.54, 1.807) is 30.9 Å². The number of rotatable bonds is 6. The Morgan fingerprint density at radius 1 is 1.06 bits per heavy atom. The Hall–Kier alpha value is -4.20. The van der Waals surface area contributed by atoms with Gasteiger partial charge in [0, 0.05) is 59.4 Å². The summed E-state index contributed by atoms with van der Waals surface area (Å²) >= 11 is 0. The minimum Gasteiger partial charge on any atom is -0.383 e. The highest BCUT2D eigenvalue weighted by Crippen LogP contribution is 2.38. The molecular weight excluding hydrogens is 390 g/mol. The van der Waals surface area contributed by atoms with Gasteiger partial charge in [0.15, 0.2) is 0 Å². The number of carbonyl (C=O) groups excluding carboxylic acids is 1. The molecule has 0 aromatic carbocycles. The van der Waals surface area contributed by atoms with E-state index in [9.17, 15) is 4.79 Å². The van der Waals surface area contributed by atoms with Gasteiger partial charge in [0.25, 0.3) is 0 Å². The lowest BCUT2D eigenvalue weighted by Crippen LogP contribution is -2.38. The van der Waals surface area contributed by atoms with Gasteiger partial charge in [0.05, 0.1) is 5.69 Å². The van der Waals surface area contributed by atoms with Crippen molar-refractivity contribution < 1.29 is 4.79 Å². The van der Waals surface area contributed by atoms with Crippen molar-refractivity contribution in [2.75, 3.05) is 16.4 Å². The Balaban J connectivity index is 1.76. The number of hydrogen-bond acceptors (Lipinski definition) is 7. The average Bonchev–Trinajstić information content (AvgIpc) is 2.78. The first-order valence-corrected chi connectivity index (χ1v) is 9.78. The van der Waals surface area contributed by atoms with Crippen LogP contribution in [-0.2, 0) is 10.3 Å². The molecule has 0 fully saturated rings. The number of nitrogens with zero attached hydrogens (tertiary/aromatic N) is 3. The Kier molecular flexibility index (Phi) is 5.36. The van der Waals surface area contributed by atoms with Gasteiger partial charge in [-0.2, -0.15) is 0 Å². The number of amides is 1. The van der Waals surface area contributed by atoms with E-state index in [0.29, 0.717) is 17.8 Å². The first-order chi connectivity index (χ1) is 15.0. The molecule has 3 aromatic rings. The standard InChI is InChI=1S/C23H23N7O/c1-15-19(7-12-28-21(15)24)30-23(8-2-3-16(14-23)22(25)31)20-13-18(6-11-27-20)29-17-4-9-26-10-5-17/h2-13H,14H2,1H3,(H2,25,31)(H3,24,28,30)(H,26,27,29). The SMILES string of the molecule is Cc1c(NC2(c3cc(Nc4ccncc4)ccn3)C=CC=C(C(N)=O)C2)ccnc1N.